The second kappa shape index (κ2) is 17.5. The summed E-state index contributed by atoms with van der Waals surface area (Å²) in [6, 6.07) is 2.05. The van der Waals surface area contributed by atoms with Gasteiger partial charge in [-0.05, 0) is 43.4 Å². The zero-order valence-electron chi connectivity index (χ0n) is 18.4. The van der Waals surface area contributed by atoms with Crippen LogP contribution in [0.1, 0.15) is 101 Å². The Hall–Kier alpha value is -1.35. The zero-order valence-corrected chi connectivity index (χ0v) is 19.2. The summed E-state index contributed by atoms with van der Waals surface area (Å²) in [5.74, 6) is -0.310. The molecule has 0 spiro atoms. The van der Waals surface area contributed by atoms with Crippen LogP contribution < -0.4 is 0 Å². The summed E-state index contributed by atoms with van der Waals surface area (Å²) in [6.45, 7) is 6.03. The Morgan fingerprint density at radius 3 is 1.90 bits per heavy atom. The van der Waals surface area contributed by atoms with Gasteiger partial charge in [0.05, 0.1) is 6.61 Å². The topological polar surface area (TPSA) is 39.2 Å². The van der Waals surface area contributed by atoms with Crippen LogP contribution in [0.3, 0.4) is 0 Å². The fraction of sp³-hybridized carbons (Fsp3) is 0.680. The van der Waals surface area contributed by atoms with Gasteiger partial charge < -0.3 is 4.74 Å². The summed E-state index contributed by atoms with van der Waals surface area (Å²) in [5.41, 5.74) is 2.49. The number of nitrogens with zero attached hydrogens (tertiary/aromatic N) is 1. The van der Waals surface area contributed by atoms with Crippen molar-refractivity contribution in [2.45, 2.75) is 103 Å². The van der Waals surface area contributed by atoms with Crippen LogP contribution in [-0.4, -0.2) is 17.6 Å². The van der Waals surface area contributed by atoms with Crippen molar-refractivity contribution in [3.63, 3.8) is 0 Å². The normalized spacial score (nSPS) is 10.8. The number of esters is 1. The maximum absolute atomic E-state index is 10.9. The van der Waals surface area contributed by atoms with Crippen molar-refractivity contribution in [3.05, 3.63) is 41.2 Å². The summed E-state index contributed by atoms with van der Waals surface area (Å²) in [4.78, 5) is 15.1. The van der Waals surface area contributed by atoms with E-state index < -0.39 is 0 Å². The minimum absolute atomic E-state index is 0.310. The molecule has 29 heavy (non-hydrogen) atoms. The molecule has 0 radical (unpaired) electrons. The second-order valence-electron chi connectivity index (χ2n) is 7.97. The summed E-state index contributed by atoms with van der Waals surface area (Å²) < 4.78 is 4.97. The van der Waals surface area contributed by atoms with E-state index in [-0.39, 0.29) is 5.97 Å². The lowest BCUT2D eigenvalue weighted by molar-refractivity contribution is -0.137. The molecule has 0 saturated heterocycles. The van der Waals surface area contributed by atoms with Crippen LogP contribution >= 0.6 is 11.6 Å². The monoisotopic (exact) mass is 421 g/mol. The van der Waals surface area contributed by atoms with E-state index in [9.17, 15) is 4.79 Å². The molecule has 1 aromatic rings. The Kier molecular flexibility index (Phi) is 15.5. The van der Waals surface area contributed by atoms with Crippen molar-refractivity contribution in [3.8, 4) is 0 Å². The van der Waals surface area contributed by atoms with E-state index in [0.29, 0.717) is 11.8 Å². The van der Waals surface area contributed by atoms with E-state index in [1.165, 1.54) is 94.3 Å². The molecule has 0 amide bonds. The first kappa shape index (κ1) is 25.7. The standard InChI is InChI=1S/C25H40ClNO2/c1-3-24(28)29-21-17-15-13-11-9-7-5-4-6-8-10-12-14-16-18-23-22(2)19-20-27-25(23)26/h3,19-20H,1,4-18,21H2,2H3. The third-order valence-electron chi connectivity index (χ3n) is 5.47. The van der Waals surface area contributed by atoms with Crippen LogP contribution in [-0.2, 0) is 16.0 Å². The van der Waals surface area contributed by atoms with Gasteiger partial charge in [0, 0.05) is 12.3 Å². The lowest BCUT2D eigenvalue weighted by Crippen LogP contribution is -2.01. The van der Waals surface area contributed by atoms with Gasteiger partial charge in [-0.1, -0.05) is 95.2 Å². The van der Waals surface area contributed by atoms with Gasteiger partial charge in [0.15, 0.2) is 0 Å². The first-order valence-corrected chi connectivity index (χ1v) is 11.9. The van der Waals surface area contributed by atoms with Crippen LogP contribution in [0.25, 0.3) is 0 Å². The number of pyridine rings is 1. The van der Waals surface area contributed by atoms with Gasteiger partial charge in [0.2, 0.25) is 0 Å². The maximum Gasteiger partial charge on any atom is 0.330 e. The van der Waals surface area contributed by atoms with E-state index in [1.54, 1.807) is 6.20 Å². The van der Waals surface area contributed by atoms with E-state index in [2.05, 4.69) is 18.5 Å². The molecular formula is C25H40ClNO2. The molecule has 0 fully saturated rings. The van der Waals surface area contributed by atoms with E-state index >= 15 is 0 Å². The van der Waals surface area contributed by atoms with Crippen molar-refractivity contribution in [2.75, 3.05) is 6.61 Å². The van der Waals surface area contributed by atoms with Crippen molar-refractivity contribution in [1.82, 2.24) is 4.98 Å². The Morgan fingerprint density at radius 2 is 1.41 bits per heavy atom. The lowest BCUT2D eigenvalue weighted by Gasteiger charge is -2.07. The minimum Gasteiger partial charge on any atom is -0.463 e. The molecule has 164 valence electrons. The molecule has 0 unspecified atom stereocenters. The molecule has 4 heteroatoms. The average Bonchev–Trinajstić information content (AvgIpc) is 2.71. The number of unbranched alkanes of at least 4 members (excludes halogenated alkanes) is 13. The molecule has 0 bridgehead atoms. The number of ether oxygens (including phenoxy) is 1. The van der Waals surface area contributed by atoms with Crippen LogP contribution in [0, 0.1) is 6.92 Å². The molecule has 0 aliphatic heterocycles. The predicted octanol–water partition coefficient (Wildman–Crippen LogP) is 7.78. The highest BCUT2D eigenvalue weighted by Gasteiger charge is 2.04. The number of carbonyl (C=O) groups is 1. The number of hydrogen-bond donors (Lipinski definition) is 0. The van der Waals surface area contributed by atoms with E-state index in [4.69, 9.17) is 16.3 Å². The maximum atomic E-state index is 10.9. The summed E-state index contributed by atoms with van der Waals surface area (Å²) in [5, 5.41) is 0.680. The van der Waals surface area contributed by atoms with Crippen molar-refractivity contribution in [2.24, 2.45) is 0 Å². The summed E-state index contributed by atoms with van der Waals surface area (Å²) >= 11 is 6.19. The van der Waals surface area contributed by atoms with Crippen molar-refractivity contribution in [1.29, 1.82) is 0 Å². The summed E-state index contributed by atoms with van der Waals surface area (Å²) in [6.07, 6.45) is 22.1. The number of aryl methyl sites for hydroxylation is 1. The Balaban J connectivity index is 1.79. The van der Waals surface area contributed by atoms with Crippen molar-refractivity contribution < 1.29 is 9.53 Å². The van der Waals surface area contributed by atoms with Gasteiger partial charge in [-0.3, -0.25) is 0 Å². The van der Waals surface area contributed by atoms with E-state index in [0.717, 1.165) is 19.3 Å². The first-order chi connectivity index (χ1) is 14.1. The smallest absolute Gasteiger partial charge is 0.330 e. The minimum atomic E-state index is -0.310. The quantitative estimate of drug-likeness (QED) is 0.105. The van der Waals surface area contributed by atoms with Crippen LogP contribution in [0.2, 0.25) is 5.15 Å². The molecule has 0 aliphatic rings. The highest BCUT2D eigenvalue weighted by Crippen LogP contribution is 2.20. The van der Waals surface area contributed by atoms with Crippen LogP contribution in [0.15, 0.2) is 24.9 Å². The molecule has 1 aromatic heterocycles. The summed E-state index contributed by atoms with van der Waals surface area (Å²) in [7, 11) is 0. The highest BCUT2D eigenvalue weighted by molar-refractivity contribution is 6.30. The van der Waals surface area contributed by atoms with Gasteiger partial charge >= 0.3 is 5.97 Å². The molecule has 0 atom stereocenters. The van der Waals surface area contributed by atoms with Gasteiger partial charge in [0.1, 0.15) is 5.15 Å². The molecule has 0 saturated carbocycles. The van der Waals surface area contributed by atoms with Crippen molar-refractivity contribution >= 4 is 17.6 Å². The second-order valence-corrected chi connectivity index (χ2v) is 8.33. The van der Waals surface area contributed by atoms with Gasteiger partial charge in [0.25, 0.3) is 0 Å². The third kappa shape index (κ3) is 13.5. The number of rotatable bonds is 18. The van der Waals surface area contributed by atoms with Crippen LogP contribution in [0.4, 0.5) is 0 Å². The van der Waals surface area contributed by atoms with Crippen LogP contribution in [0.5, 0.6) is 0 Å². The molecule has 3 nitrogen and oxygen atoms in total. The van der Waals surface area contributed by atoms with E-state index in [1.807, 2.05) is 6.07 Å². The van der Waals surface area contributed by atoms with Gasteiger partial charge in [-0.15, -0.1) is 0 Å². The number of aromatic nitrogens is 1. The molecular weight excluding hydrogens is 382 g/mol. The molecule has 0 N–H and O–H groups in total. The Bertz CT molecular complexity index is 554. The van der Waals surface area contributed by atoms with Gasteiger partial charge in [-0.2, -0.15) is 0 Å². The molecule has 0 aliphatic carbocycles. The first-order valence-electron chi connectivity index (χ1n) is 11.5. The molecule has 0 aromatic carbocycles. The number of carbonyl (C=O) groups excluding carboxylic acids is 1. The zero-order chi connectivity index (χ0) is 21.2. The average molecular weight is 422 g/mol. The lowest BCUT2D eigenvalue weighted by atomic mass is 10.0. The predicted molar refractivity (Wildman–Crippen MR) is 123 cm³/mol. The Labute approximate surface area is 183 Å². The largest absolute Gasteiger partial charge is 0.463 e. The SMILES string of the molecule is C=CC(=O)OCCCCCCCCCCCCCCCCc1c(C)ccnc1Cl. The molecule has 1 heterocycles. The highest BCUT2D eigenvalue weighted by atomic mass is 35.5. The number of hydrogen-bond acceptors (Lipinski definition) is 3. The van der Waals surface area contributed by atoms with Gasteiger partial charge in [-0.25, -0.2) is 9.78 Å². The third-order valence-corrected chi connectivity index (χ3v) is 5.80. The Morgan fingerprint density at radius 1 is 0.931 bits per heavy atom. The molecule has 1 rings (SSSR count). The fourth-order valence-electron chi connectivity index (χ4n) is 3.61. The fourth-order valence-corrected chi connectivity index (χ4v) is 3.91. The number of halogens is 1.